The zero-order valence-electron chi connectivity index (χ0n) is 10.5. The Hall–Kier alpha value is -1.75. The second-order valence-corrected chi connectivity index (χ2v) is 5.49. The first kappa shape index (κ1) is 13.2. The molecule has 2 aliphatic heterocycles. The maximum atomic E-state index is 12.1. The van der Waals surface area contributed by atoms with Gasteiger partial charge in [0.1, 0.15) is 12.2 Å². The molecule has 2 unspecified atom stereocenters. The molecule has 0 aromatic carbocycles. The predicted octanol–water partition coefficient (Wildman–Crippen LogP) is 0.298. The van der Waals surface area contributed by atoms with E-state index in [1.165, 1.54) is 17.5 Å². The third-order valence-electron chi connectivity index (χ3n) is 3.14. The molecule has 3 heterocycles. The van der Waals surface area contributed by atoms with Gasteiger partial charge in [-0.05, 0) is 12.8 Å². The van der Waals surface area contributed by atoms with Gasteiger partial charge in [0, 0.05) is 6.42 Å². The molecule has 2 bridgehead atoms. The summed E-state index contributed by atoms with van der Waals surface area (Å²) >= 11 is 1.19. The fraction of sp³-hybridized carbons (Fsp3) is 0.462. The van der Waals surface area contributed by atoms with E-state index in [1.807, 2.05) is 0 Å². The summed E-state index contributed by atoms with van der Waals surface area (Å²) in [6, 6.07) is 0. The number of anilines is 1. The van der Waals surface area contributed by atoms with Gasteiger partial charge in [-0.25, -0.2) is 9.88 Å². The summed E-state index contributed by atoms with van der Waals surface area (Å²) in [5, 5.41) is 9.00. The van der Waals surface area contributed by atoms with Gasteiger partial charge in [0.05, 0.1) is 17.7 Å². The van der Waals surface area contributed by atoms with E-state index in [0.29, 0.717) is 29.3 Å². The van der Waals surface area contributed by atoms with E-state index < -0.39 is 12.2 Å². The maximum Gasteiger partial charge on any atom is 0.264 e. The number of ether oxygens (including phenoxy) is 1. The number of aromatic nitrogens is 1. The lowest BCUT2D eigenvalue weighted by Gasteiger charge is -2.27. The van der Waals surface area contributed by atoms with E-state index in [4.69, 9.17) is 9.84 Å². The highest BCUT2D eigenvalue weighted by Crippen LogP contribution is 2.33. The third-order valence-corrected chi connectivity index (χ3v) is 4.04. The van der Waals surface area contributed by atoms with Crippen LogP contribution in [0.1, 0.15) is 24.1 Å². The molecule has 1 aromatic heterocycles. The molecule has 2 aliphatic rings. The van der Waals surface area contributed by atoms with Crippen molar-refractivity contribution in [3.63, 3.8) is 0 Å². The van der Waals surface area contributed by atoms with E-state index in [9.17, 15) is 9.59 Å². The summed E-state index contributed by atoms with van der Waals surface area (Å²) in [5.41, 5.74) is 0. The summed E-state index contributed by atoms with van der Waals surface area (Å²) in [6.07, 6.45) is 2.03. The molecule has 2 fully saturated rings. The molecule has 104 valence electrons. The van der Waals surface area contributed by atoms with Crippen molar-refractivity contribution in [3.05, 3.63) is 11.1 Å². The van der Waals surface area contributed by atoms with Gasteiger partial charge in [0.25, 0.3) is 11.8 Å². The number of rotatable bonds is 2. The van der Waals surface area contributed by atoms with Crippen molar-refractivity contribution in [1.82, 2.24) is 4.98 Å². The third kappa shape index (κ3) is 2.22. The molecule has 6 nitrogen and oxygen atoms in total. The van der Waals surface area contributed by atoms with Gasteiger partial charge in [-0.1, -0.05) is 23.2 Å². The lowest BCUT2D eigenvalue weighted by molar-refractivity contribution is -0.146. The number of aliphatic hydroxyl groups is 1. The number of carbonyl (C=O) groups is 2. The van der Waals surface area contributed by atoms with Crippen LogP contribution in [0.15, 0.2) is 6.20 Å². The Bertz CT molecular complexity index is 593. The first-order chi connectivity index (χ1) is 9.70. The quantitative estimate of drug-likeness (QED) is 0.626. The number of imide groups is 1. The highest BCUT2D eigenvalue weighted by atomic mass is 32.1. The minimum absolute atomic E-state index is 0.00244. The number of carbonyl (C=O) groups excluding carboxylic acids is 2. The Kier molecular flexibility index (Phi) is 3.53. The molecular weight excluding hydrogens is 280 g/mol. The van der Waals surface area contributed by atoms with Gasteiger partial charge in [-0.15, -0.1) is 0 Å². The first-order valence-electron chi connectivity index (χ1n) is 6.29. The molecule has 1 aromatic rings. The van der Waals surface area contributed by atoms with Crippen molar-refractivity contribution in [1.29, 1.82) is 0 Å². The van der Waals surface area contributed by atoms with Crippen molar-refractivity contribution in [3.8, 4) is 11.8 Å². The number of hydrogen-bond acceptors (Lipinski definition) is 6. The monoisotopic (exact) mass is 292 g/mol. The molecule has 3 rings (SSSR count). The van der Waals surface area contributed by atoms with Crippen LogP contribution in [0.4, 0.5) is 5.13 Å². The maximum absolute atomic E-state index is 12.1. The standard InChI is InChI=1S/C13H12N2O4S/c16-6-2-1-3-8-7-14-13(20-8)15-11(17)9-4-5-10(19-9)12(15)18/h7,9-10,16H,2,4-6H2. The van der Waals surface area contributed by atoms with Gasteiger partial charge in [0.2, 0.25) is 0 Å². The molecule has 0 spiro atoms. The summed E-state index contributed by atoms with van der Waals surface area (Å²) in [4.78, 5) is 30.2. The molecule has 7 heteroatoms. The molecular formula is C13H12N2O4S. The fourth-order valence-corrected chi connectivity index (χ4v) is 3.02. The van der Waals surface area contributed by atoms with E-state index in [2.05, 4.69) is 16.8 Å². The van der Waals surface area contributed by atoms with E-state index in [1.54, 1.807) is 0 Å². The van der Waals surface area contributed by atoms with E-state index >= 15 is 0 Å². The van der Waals surface area contributed by atoms with Crippen molar-refractivity contribution in [2.45, 2.75) is 31.5 Å². The topological polar surface area (TPSA) is 79.7 Å². The van der Waals surface area contributed by atoms with Crippen LogP contribution in [0, 0.1) is 11.8 Å². The van der Waals surface area contributed by atoms with Crippen LogP contribution < -0.4 is 4.90 Å². The largest absolute Gasteiger partial charge is 0.395 e. The SMILES string of the molecule is O=C1C2CCC(O2)C(=O)N1c1ncc(C#CCCO)s1. The molecule has 0 saturated carbocycles. The number of nitrogens with zero attached hydrogens (tertiary/aromatic N) is 2. The minimum Gasteiger partial charge on any atom is -0.395 e. The predicted molar refractivity (Wildman–Crippen MR) is 71.1 cm³/mol. The van der Waals surface area contributed by atoms with Crippen molar-refractivity contribution >= 4 is 28.3 Å². The average molecular weight is 292 g/mol. The van der Waals surface area contributed by atoms with Gasteiger partial charge in [0.15, 0.2) is 5.13 Å². The number of thiazole rings is 1. The second-order valence-electron chi connectivity index (χ2n) is 4.49. The molecule has 2 amide bonds. The Morgan fingerprint density at radius 2 is 2.10 bits per heavy atom. The summed E-state index contributed by atoms with van der Waals surface area (Å²) < 4.78 is 5.34. The fourth-order valence-electron chi connectivity index (χ4n) is 2.22. The van der Waals surface area contributed by atoms with Gasteiger partial charge < -0.3 is 9.84 Å². The van der Waals surface area contributed by atoms with Crippen molar-refractivity contribution < 1.29 is 19.4 Å². The van der Waals surface area contributed by atoms with Gasteiger partial charge in [-0.3, -0.25) is 9.59 Å². The molecule has 2 atom stereocenters. The highest BCUT2D eigenvalue weighted by molar-refractivity contribution is 7.16. The van der Waals surface area contributed by atoms with Crippen molar-refractivity contribution in [2.24, 2.45) is 0 Å². The Balaban J connectivity index is 1.84. The molecule has 0 radical (unpaired) electrons. The van der Waals surface area contributed by atoms with E-state index in [-0.39, 0.29) is 18.4 Å². The molecule has 0 aliphatic carbocycles. The average Bonchev–Trinajstić information content (AvgIpc) is 3.06. The van der Waals surface area contributed by atoms with Crippen LogP contribution in [0.2, 0.25) is 0 Å². The molecule has 20 heavy (non-hydrogen) atoms. The van der Waals surface area contributed by atoms with Crippen LogP contribution >= 0.6 is 11.3 Å². The number of morpholine rings is 1. The molecule has 1 N–H and O–H groups in total. The number of aliphatic hydroxyl groups excluding tert-OH is 1. The van der Waals surface area contributed by atoms with Gasteiger partial charge >= 0.3 is 0 Å². The van der Waals surface area contributed by atoms with Gasteiger partial charge in [-0.2, -0.15) is 0 Å². The van der Waals surface area contributed by atoms with Crippen LogP contribution in [0.5, 0.6) is 0 Å². The summed E-state index contributed by atoms with van der Waals surface area (Å²) in [5.74, 6) is 4.94. The minimum atomic E-state index is -0.523. The normalized spacial score (nSPS) is 24.8. The van der Waals surface area contributed by atoms with Crippen LogP contribution in [0.3, 0.4) is 0 Å². The lowest BCUT2D eigenvalue weighted by atomic mass is 10.2. The zero-order valence-corrected chi connectivity index (χ0v) is 11.4. The smallest absolute Gasteiger partial charge is 0.264 e. The number of fused-ring (bicyclic) bond motifs is 2. The van der Waals surface area contributed by atoms with E-state index in [0.717, 1.165) is 4.90 Å². The second kappa shape index (κ2) is 5.32. The zero-order chi connectivity index (χ0) is 14.1. The lowest BCUT2D eigenvalue weighted by Crippen LogP contribution is -2.51. The summed E-state index contributed by atoms with van der Waals surface area (Å²) in [6.45, 7) is 0.00244. The Morgan fingerprint density at radius 1 is 1.40 bits per heavy atom. The molecule has 2 saturated heterocycles. The number of amides is 2. The first-order valence-corrected chi connectivity index (χ1v) is 7.11. The highest BCUT2D eigenvalue weighted by Gasteiger charge is 2.48. The van der Waals surface area contributed by atoms with Crippen LogP contribution in [-0.4, -0.2) is 40.7 Å². The van der Waals surface area contributed by atoms with Crippen LogP contribution in [-0.2, 0) is 14.3 Å². The van der Waals surface area contributed by atoms with Crippen LogP contribution in [0.25, 0.3) is 0 Å². The van der Waals surface area contributed by atoms with Crippen molar-refractivity contribution in [2.75, 3.05) is 11.5 Å². The number of hydrogen-bond donors (Lipinski definition) is 1. The summed E-state index contributed by atoms with van der Waals surface area (Å²) in [7, 11) is 0. The Labute approximate surface area is 119 Å². The Morgan fingerprint density at radius 3 is 2.75 bits per heavy atom.